The molecule has 1 N–H and O–H groups in total. The lowest BCUT2D eigenvalue weighted by Gasteiger charge is -2.32. The van der Waals surface area contributed by atoms with Gasteiger partial charge in [0.05, 0.1) is 36.2 Å². The molecular weight excluding hydrogens is 594 g/mol. The van der Waals surface area contributed by atoms with Crippen LogP contribution in [0.5, 0.6) is 11.5 Å². The smallest absolute Gasteiger partial charge is 0.258 e. The quantitative estimate of drug-likeness (QED) is 0.199. The summed E-state index contributed by atoms with van der Waals surface area (Å²) in [6.45, 7) is 5.94. The number of fused-ring (bicyclic) bond motifs is 1. The molecule has 0 radical (unpaired) electrons. The van der Waals surface area contributed by atoms with E-state index < -0.39 is 0 Å². The molecule has 10 heteroatoms. The van der Waals surface area contributed by atoms with Gasteiger partial charge >= 0.3 is 0 Å². The second-order valence-electron chi connectivity index (χ2n) is 12.2. The van der Waals surface area contributed by atoms with Crippen molar-refractivity contribution in [2.45, 2.75) is 32.6 Å². The summed E-state index contributed by atoms with van der Waals surface area (Å²) in [4.78, 5) is 45.2. The van der Waals surface area contributed by atoms with Gasteiger partial charge in [0.2, 0.25) is 5.91 Å². The molecule has 1 saturated heterocycles. The number of hydrogen-bond donors (Lipinski definition) is 1. The van der Waals surface area contributed by atoms with Gasteiger partial charge in [0.25, 0.3) is 11.8 Å². The van der Waals surface area contributed by atoms with Crippen molar-refractivity contribution in [1.29, 1.82) is 0 Å². The molecule has 0 unspecified atom stereocenters. The number of rotatable bonds is 12. The first-order valence-electron chi connectivity index (χ1n) is 16.2. The zero-order chi connectivity index (χ0) is 33.5. The van der Waals surface area contributed by atoms with Gasteiger partial charge in [0.15, 0.2) is 0 Å². The average molecular weight is 640 g/mol. The largest absolute Gasteiger partial charge is 0.495 e. The maximum atomic E-state index is 13.7. The molecule has 5 rings (SSSR count). The minimum atomic E-state index is -0.269. The molecule has 1 aliphatic rings. The van der Waals surface area contributed by atoms with E-state index in [9.17, 15) is 14.4 Å². The lowest BCUT2D eigenvalue weighted by molar-refractivity contribution is -0.132. The Hall–Kier alpha value is -4.83. The van der Waals surface area contributed by atoms with Crippen LogP contribution in [0.1, 0.15) is 52.0 Å². The number of hydrogen-bond acceptors (Lipinski definition) is 6. The first-order chi connectivity index (χ1) is 22.7. The van der Waals surface area contributed by atoms with Gasteiger partial charge in [-0.3, -0.25) is 14.4 Å². The molecular formula is C37H45N5O5. The zero-order valence-corrected chi connectivity index (χ0v) is 28.0. The van der Waals surface area contributed by atoms with Gasteiger partial charge in [0.1, 0.15) is 11.5 Å². The molecule has 0 saturated carbocycles. The minimum Gasteiger partial charge on any atom is -0.495 e. The van der Waals surface area contributed by atoms with Crippen molar-refractivity contribution in [3.05, 3.63) is 83.6 Å². The number of piperazine rings is 1. The highest BCUT2D eigenvalue weighted by Gasteiger charge is 2.21. The van der Waals surface area contributed by atoms with Gasteiger partial charge in [-0.1, -0.05) is 18.2 Å². The second kappa shape index (κ2) is 15.2. The monoisotopic (exact) mass is 639 g/mol. The number of likely N-dealkylation sites (N-methyl/N-ethyl adjacent to an activating group) is 1. The van der Waals surface area contributed by atoms with Gasteiger partial charge < -0.3 is 34.1 Å². The molecule has 0 aliphatic carbocycles. The molecule has 4 aromatic rings. The number of ether oxygens (including phenoxy) is 2. The van der Waals surface area contributed by atoms with Crippen LogP contribution in [0.2, 0.25) is 0 Å². The van der Waals surface area contributed by atoms with Crippen LogP contribution < -0.4 is 19.7 Å². The third kappa shape index (κ3) is 7.94. The van der Waals surface area contributed by atoms with Crippen LogP contribution >= 0.6 is 0 Å². The maximum absolute atomic E-state index is 13.7. The number of aromatic nitrogens is 1. The average Bonchev–Trinajstić information content (AvgIpc) is 3.46. The molecule has 1 aliphatic heterocycles. The number of anilines is 2. The summed E-state index contributed by atoms with van der Waals surface area (Å²) < 4.78 is 13.7. The van der Waals surface area contributed by atoms with Crippen LogP contribution in [0, 0.1) is 6.92 Å². The van der Waals surface area contributed by atoms with Crippen molar-refractivity contribution >= 4 is 40.0 Å². The lowest BCUT2D eigenvalue weighted by atomic mass is 10.1. The number of benzene rings is 3. The van der Waals surface area contributed by atoms with Crippen LogP contribution in [0.4, 0.5) is 11.4 Å². The van der Waals surface area contributed by atoms with E-state index in [2.05, 4.69) is 17.3 Å². The molecule has 47 heavy (non-hydrogen) atoms. The van der Waals surface area contributed by atoms with E-state index in [0.717, 1.165) is 61.9 Å². The number of para-hydroxylation sites is 1. The van der Waals surface area contributed by atoms with Crippen molar-refractivity contribution in [1.82, 2.24) is 14.4 Å². The number of carbonyl (C=O) groups is 3. The molecule has 0 bridgehead atoms. The Morgan fingerprint density at radius 2 is 1.68 bits per heavy atom. The Balaban J connectivity index is 1.19. The molecule has 1 fully saturated rings. The van der Waals surface area contributed by atoms with Crippen molar-refractivity contribution in [2.24, 2.45) is 7.05 Å². The number of aryl methyl sites for hydroxylation is 2. The number of nitrogens with one attached hydrogen (secondary N) is 1. The molecule has 0 spiro atoms. The Bertz CT molecular complexity index is 1740. The normalized spacial score (nSPS) is 13.4. The van der Waals surface area contributed by atoms with Gasteiger partial charge in [0, 0.05) is 63.8 Å². The van der Waals surface area contributed by atoms with E-state index in [1.807, 2.05) is 66.0 Å². The van der Waals surface area contributed by atoms with Crippen LogP contribution in [0.15, 0.2) is 66.9 Å². The van der Waals surface area contributed by atoms with E-state index >= 15 is 0 Å². The predicted octanol–water partition coefficient (Wildman–Crippen LogP) is 5.74. The number of amides is 3. The van der Waals surface area contributed by atoms with Crippen LogP contribution in [0.25, 0.3) is 10.9 Å². The standard InChI is InChI=1S/C37H45N5O5/c1-26-13-16-31(33(24-26)47-23-8-6-7-12-34(43)42-21-19-39(2)20-22-42)41(4)37(45)28-14-15-30(32(25-28)46-5)38-36(44)29-11-9-10-27-17-18-40(3)35(27)29/h9-11,13-18,24-25H,6-8,12,19-23H2,1-5H3,(H,38,44). The third-order valence-corrected chi connectivity index (χ3v) is 8.77. The first-order valence-corrected chi connectivity index (χ1v) is 16.2. The Labute approximate surface area is 276 Å². The zero-order valence-electron chi connectivity index (χ0n) is 28.0. The maximum Gasteiger partial charge on any atom is 0.258 e. The van der Waals surface area contributed by atoms with Crippen LogP contribution in [-0.2, 0) is 11.8 Å². The van der Waals surface area contributed by atoms with Gasteiger partial charge in [-0.25, -0.2) is 0 Å². The number of methoxy groups -OCH3 is 1. The summed E-state index contributed by atoms with van der Waals surface area (Å²) in [5, 5.41) is 3.92. The van der Waals surface area contributed by atoms with Crippen molar-refractivity contribution in [3.8, 4) is 11.5 Å². The summed E-state index contributed by atoms with van der Waals surface area (Å²) in [7, 11) is 7.21. The number of nitrogens with zero attached hydrogens (tertiary/aromatic N) is 4. The van der Waals surface area contributed by atoms with Gasteiger partial charge in [-0.2, -0.15) is 0 Å². The number of carbonyl (C=O) groups excluding carboxylic acids is 3. The fourth-order valence-electron chi connectivity index (χ4n) is 5.92. The molecule has 1 aromatic heterocycles. The fourth-order valence-corrected chi connectivity index (χ4v) is 5.92. The van der Waals surface area contributed by atoms with Gasteiger partial charge in [-0.15, -0.1) is 0 Å². The lowest BCUT2D eigenvalue weighted by Crippen LogP contribution is -2.47. The van der Waals surface area contributed by atoms with E-state index in [-0.39, 0.29) is 17.7 Å². The summed E-state index contributed by atoms with van der Waals surface area (Å²) in [5.41, 5.74) is 3.93. The SMILES string of the molecule is COc1cc(C(=O)N(C)c2ccc(C)cc2OCCCCCC(=O)N2CCN(C)CC2)ccc1NC(=O)c1cccc2ccn(C)c12. The summed E-state index contributed by atoms with van der Waals surface area (Å²) in [6.07, 6.45) is 5.01. The van der Waals surface area contributed by atoms with E-state index in [4.69, 9.17) is 9.47 Å². The molecule has 248 valence electrons. The fraction of sp³-hybridized carbons (Fsp3) is 0.378. The van der Waals surface area contributed by atoms with E-state index in [0.29, 0.717) is 47.0 Å². The van der Waals surface area contributed by atoms with Gasteiger partial charge in [-0.05, 0) is 81.3 Å². The van der Waals surface area contributed by atoms with Crippen LogP contribution in [-0.4, -0.2) is 86.1 Å². The predicted molar refractivity (Wildman–Crippen MR) is 186 cm³/mol. The molecule has 3 aromatic carbocycles. The van der Waals surface area contributed by atoms with Crippen LogP contribution in [0.3, 0.4) is 0 Å². The van der Waals surface area contributed by atoms with Crippen molar-refractivity contribution < 1.29 is 23.9 Å². The van der Waals surface area contributed by atoms with E-state index in [1.165, 1.54) is 7.11 Å². The highest BCUT2D eigenvalue weighted by atomic mass is 16.5. The topological polar surface area (TPSA) is 96.3 Å². The van der Waals surface area contributed by atoms with E-state index in [1.54, 1.807) is 36.2 Å². The number of unbranched alkanes of at least 4 members (excludes halogenated alkanes) is 2. The summed E-state index contributed by atoms with van der Waals surface area (Å²) in [5.74, 6) is 0.723. The third-order valence-electron chi connectivity index (χ3n) is 8.77. The first kappa shape index (κ1) is 33.5. The second-order valence-corrected chi connectivity index (χ2v) is 12.2. The Kier molecular flexibility index (Phi) is 10.8. The highest BCUT2D eigenvalue weighted by Crippen LogP contribution is 2.32. The highest BCUT2D eigenvalue weighted by molar-refractivity contribution is 6.13. The Morgan fingerprint density at radius 3 is 2.45 bits per heavy atom. The van der Waals surface area contributed by atoms with Crippen molar-refractivity contribution in [2.75, 3.05) is 64.2 Å². The van der Waals surface area contributed by atoms with Crippen molar-refractivity contribution in [3.63, 3.8) is 0 Å². The molecule has 10 nitrogen and oxygen atoms in total. The molecule has 2 heterocycles. The summed E-state index contributed by atoms with van der Waals surface area (Å²) >= 11 is 0. The summed E-state index contributed by atoms with van der Waals surface area (Å²) in [6, 6.07) is 18.3. The molecule has 3 amide bonds. The Morgan fingerprint density at radius 1 is 0.894 bits per heavy atom. The minimum absolute atomic E-state index is 0.233. The molecule has 0 atom stereocenters.